The zero-order valence-corrected chi connectivity index (χ0v) is 9.92. The van der Waals surface area contributed by atoms with Crippen molar-refractivity contribution in [3.05, 3.63) is 30.3 Å². The van der Waals surface area contributed by atoms with Gasteiger partial charge in [0, 0.05) is 18.8 Å². The molecule has 0 radical (unpaired) electrons. The molecule has 0 spiro atoms. The molecule has 2 aliphatic rings. The van der Waals surface area contributed by atoms with Crippen LogP contribution >= 0.6 is 0 Å². The molecule has 2 unspecified atom stereocenters. The average molecular weight is 227 g/mol. The fourth-order valence-electron chi connectivity index (χ4n) is 3.10. The lowest BCUT2D eigenvalue weighted by molar-refractivity contribution is 0.158. The maximum Gasteiger partial charge on any atom is 0.0994 e. The van der Waals surface area contributed by atoms with Gasteiger partial charge in [-0.15, -0.1) is 0 Å². The average Bonchev–Trinajstić information content (AvgIpc) is 2.83. The Morgan fingerprint density at radius 2 is 1.94 bits per heavy atom. The van der Waals surface area contributed by atoms with E-state index in [1.165, 1.54) is 18.5 Å². The van der Waals surface area contributed by atoms with Crippen LogP contribution in [0.15, 0.2) is 30.3 Å². The first-order valence-corrected chi connectivity index (χ1v) is 6.37. The highest BCUT2D eigenvalue weighted by Gasteiger charge is 2.38. The molecule has 1 aromatic rings. The summed E-state index contributed by atoms with van der Waals surface area (Å²) in [7, 11) is 0. The Bertz CT molecular complexity index is 423. The van der Waals surface area contributed by atoms with Crippen LogP contribution in [0.25, 0.3) is 0 Å². The minimum atomic E-state index is 0.127. The van der Waals surface area contributed by atoms with Crippen LogP contribution in [-0.2, 0) is 0 Å². The summed E-state index contributed by atoms with van der Waals surface area (Å²) in [6.45, 7) is 2.07. The SMILES string of the molecule is N#CC1CCCC2N(c3ccccc3)CCN12. The molecule has 2 atom stereocenters. The normalized spacial score (nSPS) is 28.8. The second-order valence-corrected chi connectivity index (χ2v) is 4.82. The van der Waals surface area contributed by atoms with E-state index in [1.54, 1.807) is 0 Å². The van der Waals surface area contributed by atoms with Crippen molar-refractivity contribution >= 4 is 5.69 Å². The van der Waals surface area contributed by atoms with E-state index in [0.29, 0.717) is 6.17 Å². The van der Waals surface area contributed by atoms with Crippen molar-refractivity contribution in [3.63, 3.8) is 0 Å². The summed E-state index contributed by atoms with van der Waals surface area (Å²) < 4.78 is 0. The number of piperidine rings is 1. The minimum Gasteiger partial charge on any atom is -0.354 e. The maximum absolute atomic E-state index is 9.18. The third-order valence-electron chi connectivity index (χ3n) is 3.92. The number of nitriles is 1. The summed E-state index contributed by atoms with van der Waals surface area (Å²) in [5, 5.41) is 9.18. The van der Waals surface area contributed by atoms with Crippen LogP contribution in [0.5, 0.6) is 0 Å². The van der Waals surface area contributed by atoms with Crippen molar-refractivity contribution in [2.45, 2.75) is 31.5 Å². The molecule has 0 aromatic heterocycles. The molecule has 2 aliphatic heterocycles. The molecule has 17 heavy (non-hydrogen) atoms. The minimum absolute atomic E-state index is 0.127. The first kappa shape index (κ1) is 10.6. The zero-order chi connectivity index (χ0) is 11.7. The summed E-state index contributed by atoms with van der Waals surface area (Å²) in [5.74, 6) is 0. The lowest BCUT2D eigenvalue weighted by Crippen LogP contribution is -2.47. The van der Waals surface area contributed by atoms with Gasteiger partial charge in [0.25, 0.3) is 0 Å². The monoisotopic (exact) mass is 227 g/mol. The number of rotatable bonds is 1. The van der Waals surface area contributed by atoms with Crippen LogP contribution in [0.1, 0.15) is 19.3 Å². The van der Waals surface area contributed by atoms with Crippen molar-refractivity contribution in [2.75, 3.05) is 18.0 Å². The highest BCUT2D eigenvalue weighted by atomic mass is 15.4. The van der Waals surface area contributed by atoms with Gasteiger partial charge < -0.3 is 4.90 Å². The second-order valence-electron chi connectivity index (χ2n) is 4.82. The fourth-order valence-corrected chi connectivity index (χ4v) is 3.10. The molecule has 1 aromatic carbocycles. The molecule has 0 saturated carbocycles. The van der Waals surface area contributed by atoms with E-state index >= 15 is 0 Å². The van der Waals surface area contributed by atoms with Crippen LogP contribution in [-0.4, -0.2) is 30.2 Å². The van der Waals surface area contributed by atoms with Gasteiger partial charge in [0.05, 0.1) is 18.3 Å². The number of nitrogens with zero attached hydrogens (tertiary/aromatic N) is 3. The Balaban J connectivity index is 1.84. The van der Waals surface area contributed by atoms with Crippen molar-refractivity contribution in [3.8, 4) is 6.07 Å². The molecule has 2 heterocycles. The number of benzene rings is 1. The van der Waals surface area contributed by atoms with E-state index in [2.05, 4.69) is 46.2 Å². The lowest BCUT2D eigenvalue weighted by atomic mass is 10.0. The largest absolute Gasteiger partial charge is 0.354 e. The molecule has 2 saturated heterocycles. The van der Waals surface area contributed by atoms with Crippen molar-refractivity contribution < 1.29 is 0 Å². The van der Waals surface area contributed by atoms with Gasteiger partial charge in [0.1, 0.15) is 0 Å². The summed E-state index contributed by atoms with van der Waals surface area (Å²) in [6, 6.07) is 13.1. The Kier molecular flexibility index (Phi) is 2.74. The smallest absolute Gasteiger partial charge is 0.0994 e. The predicted molar refractivity (Wildman–Crippen MR) is 67.5 cm³/mol. The van der Waals surface area contributed by atoms with E-state index in [-0.39, 0.29) is 6.04 Å². The summed E-state index contributed by atoms with van der Waals surface area (Å²) >= 11 is 0. The van der Waals surface area contributed by atoms with Gasteiger partial charge in [-0.1, -0.05) is 18.2 Å². The van der Waals surface area contributed by atoms with Gasteiger partial charge in [0.15, 0.2) is 0 Å². The van der Waals surface area contributed by atoms with Gasteiger partial charge in [-0.2, -0.15) is 5.26 Å². The first-order valence-electron chi connectivity index (χ1n) is 6.37. The van der Waals surface area contributed by atoms with Gasteiger partial charge >= 0.3 is 0 Å². The molecule has 2 fully saturated rings. The van der Waals surface area contributed by atoms with Gasteiger partial charge in [-0.05, 0) is 31.4 Å². The van der Waals surface area contributed by atoms with Crippen LogP contribution in [0.3, 0.4) is 0 Å². The van der Waals surface area contributed by atoms with Crippen LogP contribution in [0.2, 0.25) is 0 Å². The van der Waals surface area contributed by atoms with Crippen molar-refractivity contribution in [1.29, 1.82) is 5.26 Å². The van der Waals surface area contributed by atoms with Gasteiger partial charge in [-0.3, -0.25) is 4.90 Å². The third-order valence-corrected chi connectivity index (χ3v) is 3.92. The van der Waals surface area contributed by atoms with E-state index in [9.17, 15) is 5.26 Å². The molecule has 0 bridgehead atoms. The fraction of sp³-hybridized carbons (Fsp3) is 0.500. The van der Waals surface area contributed by atoms with Crippen molar-refractivity contribution in [1.82, 2.24) is 4.90 Å². The molecule has 0 aliphatic carbocycles. The summed E-state index contributed by atoms with van der Waals surface area (Å²) in [4.78, 5) is 4.82. The molecular formula is C14H17N3. The maximum atomic E-state index is 9.18. The molecule has 88 valence electrons. The number of hydrogen-bond donors (Lipinski definition) is 0. The summed E-state index contributed by atoms with van der Waals surface area (Å²) in [6.07, 6.45) is 3.83. The zero-order valence-electron chi connectivity index (χ0n) is 9.92. The number of hydrogen-bond acceptors (Lipinski definition) is 3. The second kappa shape index (κ2) is 4.38. The van der Waals surface area contributed by atoms with Crippen LogP contribution in [0, 0.1) is 11.3 Å². The Morgan fingerprint density at radius 3 is 2.71 bits per heavy atom. The quantitative estimate of drug-likeness (QED) is 0.737. The van der Waals surface area contributed by atoms with Crippen LogP contribution < -0.4 is 4.90 Å². The number of fused-ring (bicyclic) bond motifs is 1. The number of para-hydroxylation sites is 1. The lowest BCUT2D eigenvalue weighted by Gasteiger charge is -2.37. The van der Waals surface area contributed by atoms with Crippen molar-refractivity contribution in [2.24, 2.45) is 0 Å². The third kappa shape index (κ3) is 1.79. The highest BCUT2D eigenvalue weighted by molar-refractivity contribution is 5.48. The molecule has 0 N–H and O–H groups in total. The van der Waals surface area contributed by atoms with E-state index in [4.69, 9.17) is 0 Å². The topological polar surface area (TPSA) is 30.3 Å². The molecule has 3 rings (SSSR count). The summed E-state index contributed by atoms with van der Waals surface area (Å²) in [5.41, 5.74) is 1.29. The first-order chi connectivity index (χ1) is 8.40. The Morgan fingerprint density at radius 1 is 1.12 bits per heavy atom. The molecule has 3 nitrogen and oxygen atoms in total. The Hall–Kier alpha value is -1.53. The molecular weight excluding hydrogens is 210 g/mol. The Labute approximate surface area is 102 Å². The van der Waals surface area contributed by atoms with E-state index in [0.717, 1.165) is 19.5 Å². The predicted octanol–water partition coefficient (Wildman–Crippen LogP) is 2.21. The van der Waals surface area contributed by atoms with Gasteiger partial charge in [-0.25, -0.2) is 0 Å². The van der Waals surface area contributed by atoms with Crippen LogP contribution in [0.4, 0.5) is 5.69 Å². The highest BCUT2D eigenvalue weighted by Crippen LogP contribution is 2.32. The molecule has 3 heteroatoms. The van der Waals surface area contributed by atoms with E-state index < -0.39 is 0 Å². The molecule has 0 amide bonds. The van der Waals surface area contributed by atoms with Gasteiger partial charge in [0.2, 0.25) is 0 Å². The number of anilines is 1. The standard InChI is InChI=1S/C14H17N3/c15-11-13-7-4-8-14-16(9-10-17(13)14)12-5-2-1-3-6-12/h1-3,5-6,13-14H,4,7-10H2. The van der Waals surface area contributed by atoms with E-state index in [1.807, 2.05) is 0 Å².